The number of nitrogens with one attached hydrogen (secondary N) is 1. The van der Waals surface area contributed by atoms with E-state index in [1.54, 1.807) is 30.0 Å². The van der Waals surface area contributed by atoms with Gasteiger partial charge < -0.3 is 5.32 Å². The van der Waals surface area contributed by atoms with Gasteiger partial charge in [-0.05, 0) is 30.7 Å². The van der Waals surface area contributed by atoms with E-state index in [0.29, 0.717) is 0 Å². The SMILES string of the molecule is O=C(Nc1ccccc1F)C1CCCS1. The Morgan fingerprint density at radius 2 is 2.27 bits per heavy atom. The lowest BCUT2D eigenvalue weighted by Crippen LogP contribution is -2.23. The van der Waals surface area contributed by atoms with Gasteiger partial charge in [-0.25, -0.2) is 4.39 Å². The van der Waals surface area contributed by atoms with Gasteiger partial charge >= 0.3 is 0 Å². The Kier molecular flexibility index (Phi) is 3.26. The van der Waals surface area contributed by atoms with E-state index in [1.165, 1.54) is 6.07 Å². The quantitative estimate of drug-likeness (QED) is 0.838. The van der Waals surface area contributed by atoms with E-state index >= 15 is 0 Å². The van der Waals surface area contributed by atoms with Crippen molar-refractivity contribution in [3.8, 4) is 0 Å². The molecule has 0 spiro atoms. The van der Waals surface area contributed by atoms with Gasteiger partial charge in [-0.3, -0.25) is 4.79 Å². The van der Waals surface area contributed by atoms with Gasteiger partial charge in [0, 0.05) is 0 Å². The number of thioether (sulfide) groups is 1. The fourth-order valence-corrected chi connectivity index (χ4v) is 2.72. The van der Waals surface area contributed by atoms with Crippen molar-refractivity contribution in [1.82, 2.24) is 0 Å². The molecular formula is C11H12FNOS. The first-order chi connectivity index (χ1) is 7.27. The highest BCUT2D eigenvalue weighted by molar-refractivity contribution is 8.00. The average Bonchev–Trinajstić information content (AvgIpc) is 2.74. The third kappa shape index (κ3) is 2.50. The van der Waals surface area contributed by atoms with Crippen LogP contribution in [0.4, 0.5) is 10.1 Å². The van der Waals surface area contributed by atoms with Gasteiger partial charge in [0.15, 0.2) is 0 Å². The molecule has 4 heteroatoms. The number of benzene rings is 1. The number of para-hydroxylation sites is 1. The molecular weight excluding hydrogens is 213 g/mol. The van der Waals surface area contributed by atoms with Crippen molar-refractivity contribution in [2.45, 2.75) is 18.1 Å². The molecule has 1 N–H and O–H groups in total. The topological polar surface area (TPSA) is 29.1 Å². The Morgan fingerprint density at radius 3 is 2.93 bits per heavy atom. The molecule has 0 bridgehead atoms. The molecule has 1 aliphatic heterocycles. The summed E-state index contributed by atoms with van der Waals surface area (Å²) in [4.78, 5) is 11.7. The van der Waals surface area contributed by atoms with E-state index in [0.717, 1.165) is 18.6 Å². The minimum Gasteiger partial charge on any atom is -0.323 e. The van der Waals surface area contributed by atoms with Crippen LogP contribution in [0.25, 0.3) is 0 Å². The molecule has 0 saturated carbocycles. The molecule has 1 heterocycles. The number of anilines is 1. The molecule has 2 nitrogen and oxygen atoms in total. The largest absolute Gasteiger partial charge is 0.323 e. The second-order valence-electron chi connectivity index (χ2n) is 3.47. The van der Waals surface area contributed by atoms with Gasteiger partial charge in [-0.2, -0.15) is 0 Å². The Hall–Kier alpha value is -1.03. The lowest BCUT2D eigenvalue weighted by atomic mass is 10.2. The number of carbonyl (C=O) groups excluding carboxylic acids is 1. The highest BCUT2D eigenvalue weighted by atomic mass is 32.2. The van der Waals surface area contributed by atoms with Crippen LogP contribution in [0, 0.1) is 5.82 Å². The van der Waals surface area contributed by atoms with E-state index in [4.69, 9.17) is 0 Å². The smallest absolute Gasteiger partial charge is 0.237 e. The molecule has 1 atom stereocenters. The predicted octanol–water partition coefficient (Wildman–Crippen LogP) is 2.66. The first-order valence-electron chi connectivity index (χ1n) is 4.94. The summed E-state index contributed by atoms with van der Waals surface area (Å²) in [5.41, 5.74) is 0.273. The van der Waals surface area contributed by atoms with Crippen molar-refractivity contribution >= 4 is 23.4 Å². The fraction of sp³-hybridized carbons (Fsp3) is 0.364. The zero-order chi connectivity index (χ0) is 10.7. The van der Waals surface area contributed by atoms with Gasteiger partial charge in [0.2, 0.25) is 5.91 Å². The fourth-order valence-electron chi connectivity index (χ4n) is 1.56. The maximum atomic E-state index is 13.2. The number of carbonyl (C=O) groups is 1. The molecule has 0 radical (unpaired) electrons. The minimum atomic E-state index is -0.381. The number of hydrogen-bond donors (Lipinski definition) is 1. The second-order valence-corrected chi connectivity index (χ2v) is 4.78. The normalized spacial score (nSPS) is 20.2. The summed E-state index contributed by atoms with van der Waals surface area (Å²) in [5, 5.41) is 2.61. The third-order valence-electron chi connectivity index (χ3n) is 2.35. The van der Waals surface area contributed by atoms with Crippen LogP contribution in [0.15, 0.2) is 24.3 Å². The van der Waals surface area contributed by atoms with Crippen molar-refractivity contribution < 1.29 is 9.18 Å². The van der Waals surface area contributed by atoms with Crippen LogP contribution >= 0.6 is 11.8 Å². The van der Waals surface area contributed by atoms with E-state index in [-0.39, 0.29) is 22.7 Å². The van der Waals surface area contributed by atoms with Gasteiger partial charge in [-0.1, -0.05) is 12.1 Å². The summed E-state index contributed by atoms with van der Waals surface area (Å²) in [6.45, 7) is 0. The van der Waals surface area contributed by atoms with Crippen LogP contribution in [-0.2, 0) is 4.79 Å². The van der Waals surface area contributed by atoms with Crippen molar-refractivity contribution in [2.75, 3.05) is 11.1 Å². The molecule has 0 aliphatic carbocycles. The van der Waals surface area contributed by atoms with Crippen LogP contribution < -0.4 is 5.32 Å². The van der Waals surface area contributed by atoms with Crippen LogP contribution in [0.3, 0.4) is 0 Å². The molecule has 1 aromatic rings. The summed E-state index contributed by atoms with van der Waals surface area (Å²) in [5.74, 6) is 0.562. The van der Waals surface area contributed by atoms with Crippen LogP contribution in [0.1, 0.15) is 12.8 Å². The molecule has 1 amide bonds. The molecule has 1 fully saturated rings. The standard InChI is InChI=1S/C11H12FNOS/c12-8-4-1-2-5-9(8)13-11(14)10-6-3-7-15-10/h1-2,4-5,10H,3,6-7H2,(H,13,14). The lowest BCUT2D eigenvalue weighted by Gasteiger charge is -2.10. The summed E-state index contributed by atoms with van der Waals surface area (Å²) >= 11 is 1.64. The number of amides is 1. The molecule has 2 rings (SSSR count). The van der Waals surface area contributed by atoms with E-state index in [2.05, 4.69) is 5.32 Å². The zero-order valence-electron chi connectivity index (χ0n) is 8.20. The number of halogens is 1. The number of hydrogen-bond acceptors (Lipinski definition) is 2. The Balaban J connectivity index is 2.02. The summed E-state index contributed by atoms with van der Waals surface area (Å²) in [6.07, 6.45) is 1.96. The van der Waals surface area contributed by atoms with Gasteiger partial charge in [0.1, 0.15) is 5.82 Å². The molecule has 1 saturated heterocycles. The zero-order valence-corrected chi connectivity index (χ0v) is 9.02. The highest BCUT2D eigenvalue weighted by Crippen LogP contribution is 2.27. The lowest BCUT2D eigenvalue weighted by molar-refractivity contribution is -0.115. The van der Waals surface area contributed by atoms with Crippen molar-refractivity contribution in [3.63, 3.8) is 0 Å². The van der Waals surface area contributed by atoms with E-state index < -0.39 is 0 Å². The number of rotatable bonds is 2. The summed E-state index contributed by atoms with van der Waals surface area (Å²) < 4.78 is 13.2. The second kappa shape index (κ2) is 4.66. The molecule has 1 aliphatic rings. The Labute approximate surface area is 92.3 Å². The molecule has 0 aromatic heterocycles. The van der Waals surface area contributed by atoms with E-state index in [9.17, 15) is 9.18 Å². The van der Waals surface area contributed by atoms with Crippen LogP contribution in [0.2, 0.25) is 0 Å². The Morgan fingerprint density at radius 1 is 1.47 bits per heavy atom. The first-order valence-corrected chi connectivity index (χ1v) is 5.99. The van der Waals surface area contributed by atoms with Gasteiger partial charge in [0.25, 0.3) is 0 Å². The van der Waals surface area contributed by atoms with Gasteiger partial charge in [0.05, 0.1) is 10.9 Å². The maximum Gasteiger partial charge on any atom is 0.237 e. The Bertz CT molecular complexity index is 363. The maximum absolute atomic E-state index is 13.2. The molecule has 1 aromatic carbocycles. The van der Waals surface area contributed by atoms with Gasteiger partial charge in [-0.15, -0.1) is 11.8 Å². The molecule has 80 valence electrons. The highest BCUT2D eigenvalue weighted by Gasteiger charge is 2.23. The summed E-state index contributed by atoms with van der Waals surface area (Å²) in [7, 11) is 0. The minimum absolute atomic E-state index is 0.00962. The molecule has 1 unspecified atom stereocenters. The summed E-state index contributed by atoms with van der Waals surface area (Å²) in [6, 6.07) is 6.24. The third-order valence-corrected chi connectivity index (χ3v) is 3.73. The van der Waals surface area contributed by atoms with Crippen LogP contribution in [0.5, 0.6) is 0 Å². The van der Waals surface area contributed by atoms with E-state index in [1.807, 2.05) is 0 Å². The van der Waals surface area contributed by atoms with Crippen molar-refractivity contribution in [1.29, 1.82) is 0 Å². The monoisotopic (exact) mass is 225 g/mol. The predicted molar refractivity (Wildman–Crippen MR) is 60.5 cm³/mol. The van der Waals surface area contributed by atoms with Crippen molar-refractivity contribution in [2.24, 2.45) is 0 Å². The average molecular weight is 225 g/mol. The first kappa shape index (κ1) is 10.5. The molecule has 15 heavy (non-hydrogen) atoms. The van der Waals surface area contributed by atoms with Crippen molar-refractivity contribution in [3.05, 3.63) is 30.1 Å². The van der Waals surface area contributed by atoms with Crippen LogP contribution in [-0.4, -0.2) is 16.9 Å².